The van der Waals surface area contributed by atoms with Crippen molar-refractivity contribution in [2.75, 3.05) is 19.6 Å². The SMILES string of the molecule is Cc1cccnc1OC1CCN(CCc2cccnc2)CC1. The van der Waals surface area contributed by atoms with Crippen LogP contribution < -0.4 is 4.74 Å². The van der Waals surface area contributed by atoms with Crippen molar-refractivity contribution in [3.8, 4) is 5.88 Å². The summed E-state index contributed by atoms with van der Waals surface area (Å²) in [6.07, 6.45) is 9.09. The zero-order chi connectivity index (χ0) is 15.2. The minimum absolute atomic E-state index is 0.295. The zero-order valence-electron chi connectivity index (χ0n) is 13.1. The third-order valence-electron chi connectivity index (χ3n) is 4.21. The van der Waals surface area contributed by atoms with Crippen LogP contribution in [0.4, 0.5) is 0 Å². The highest BCUT2D eigenvalue weighted by atomic mass is 16.5. The summed E-state index contributed by atoms with van der Waals surface area (Å²) in [4.78, 5) is 11.0. The van der Waals surface area contributed by atoms with Crippen LogP contribution in [0.5, 0.6) is 5.88 Å². The summed E-state index contributed by atoms with van der Waals surface area (Å²) in [7, 11) is 0. The molecule has 0 aliphatic carbocycles. The molecular formula is C18H23N3O. The Morgan fingerprint density at radius 2 is 2.00 bits per heavy atom. The molecule has 0 radical (unpaired) electrons. The third kappa shape index (κ3) is 4.04. The van der Waals surface area contributed by atoms with Gasteiger partial charge in [-0.25, -0.2) is 4.98 Å². The Balaban J connectivity index is 1.44. The smallest absolute Gasteiger partial charge is 0.216 e. The maximum Gasteiger partial charge on any atom is 0.216 e. The van der Waals surface area contributed by atoms with Gasteiger partial charge in [0.05, 0.1) is 0 Å². The monoisotopic (exact) mass is 297 g/mol. The summed E-state index contributed by atoms with van der Waals surface area (Å²) in [6, 6.07) is 8.14. The van der Waals surface area contributed by atoms with Crippen LogP contribution in [0.15, 0.2) is 42.9 Å². The number of piperidine rings is 1. The molecule has 1 fully saturated rings. The van der Waals surface area contributed by atoms with Crippen LogP contribution in [0.2, 0.25) is 0 Å². The van der Waals surface area contributed by atoms with Crippen molar-refractivity contribution >= 4 is 0 Å². The molecule has 2 aromatic rings. The quantitative estimate of drug-likeness (QED) is 0.850. The molecule has 0 bridgehead atoms. The normalized spacial score (nSPS) is 16.6. The van der Waals surface area contributed by atoms with E-state index in [0.717, 1.165) is 50.3 Å². The number of hydrogen-bond acceptors (Lipinski definition) is 4. The van der Waals surface area contributed by atoms with E-state index >= 15 is 0 Å². The zero-order valence-corrected chi connectivity index (χ0v) is 13.1. The van der Waals surface area contributed by atoms with Crippen LogP contribution in [0, 0.1) is 6.92 Å². The van der Waals surface area contributed by atoms with Gasteiger partial charge in [0.15, 0.2) is 0 Å². The molecule has 1 saturated heterocycles. The molecule has 1 aliphatic heterocycles. The van der Waals surface area contributed by atoms with E-state index in [1.807, 2.05) is 37.5 Å². The number of ether oxygens (including phenoxy) is 1. The Morgan fingerprint density at radius 3 is 2.73 bits per heavy atom. The molecule has 4 heteroatoms. The van der Waals surface area contributed by atoms with Gasteiger partial charge in [0, 0.05) is 43.8 Å². The second-order valence-corrected chi connectivity index (χ2v) is 5.90. The van der Waals surface area contributed by atoms with Gasteiger partial charge in [0.2, 0.25) is 5.88 Å². The third-order valence-corrected chi connectivity index (χ3v) is 4.21. The molecular weight excluding hydrogens is 274 g/mol. The highest BCUT2D eigenvalue weighted by molar-refractivity contribution is 5.23. The van der Waals surface area contributed by atoms with E-state index in [2.05, 4.69) is 20.9 Å². The fourth-order valence-electron chi connectivity index (χ4n) is 2.84. The van der Waals surface area contributed by atoms with Gasteiger partial charge < -0.3 is 9.64 Å². The van der Waals surface area contributed by atoms with Crippen molar-refractivity contribution < 1.29 is 4.74 Å². The van der Waals surface area contributed by atoms with Crippen LogP contribution in [-0.2, 0) is 6.42 Å². The lowest BCUT2D eigenvalue weighted by Gasteiger charge is -2.32. The average Bonchev–Trinajstić information content (AvgIpc) is 2.57. The maximum absolute atomic E-state index is 6.05. The van der Waals surface area contributed by atoms with Gasteiger partial charge >= 0.3 is 0 Å². The minimum Gasteiger partial charge on any atom is -0.474 e. The number of pyridine rings is 2. The van der Waals surface area contributed by atoms with Crippen molar-refractivity contribution in [3.63, 3.8) is 0 Å². The lowest BCUT2D eigenvalue weighted by Crippen LogP contribution is -2.39. The fourth-order valence-corrected chi connectivity index (χ4v) is 2.84. The summed E-state index contributed by atoms with van der Waals surface area (Å²) >= 11 is 0. The molecule has 0 atom stereocenters. The second-order valence-electron chi connectivity index (χ2n) is 5.90. The molecule has 22 heavy (non-hydrogen) atoms. The van der Waals surface area contributed by atoms with Crippen LogP contribution >= 0.6 is 0 Å². The van der Waals surface area contributed by atoms with Crippen molar-refractivity contribution in [1.82, 2.24) is 14.9 Å². The van der Waals surface area contributed by atoms with Gasteiger partial charge in [-0.05, 0) is 43.9 Å². The van der Waals surface area contributed by atoms with Crippen molar-refractivity contribution in [2.45, 2.75) is 32.3 Å². The number of rotatable bonds is 5. The topological polar surface area (TPSA) is 38.2 Å². The van der Waals surface area contributed by atoms with Crippen molar-refractivity contribution in [2.24, 2.45) is 0 Å². The summed E-state index contributed by atoms with van der Waals surface area (Å²) in [5.41, 5.74) is 2.42. The molecule has 3 rings (SSSR count). The molecule has 0 aromatic carbocycles. The van der Waals surface area contributed by atoms with E-state index in [0.29, 0.717) is 6.10 Å². The van der Waals surface area contributed by atoms with Gasteiger partial charge in [-0.15, -0.1) is 0 Å². The number of aromatic nitrogens is 2. The number of aryl methyl sites for hydroxylation is 1. The Hall–Kier alpha value is -1.94. The Kier molecular flexibility index (Phi) is 5.01. The highest BCUT2D eigenvalue weighted by Gasteiger charge is 2.21. The first-order chi connectivity index (χ1) is 10.8. The van der Waals surface area contributed by atoms with E-state index in [4.69, 9.17) is 4.74 Å². The summed E-state index contributed by atoms with van der Waals surface area (Å²) in [5.74, 6) is 0.788. The molecule has 0 amide bonds. The van der Waals surface area contributed by atoms with Crippen LogP contribution in [0.1, 0.15) is 24.0 Å². The number of hydrogen-bond donors (Lipinski definition) is 0. The molecule has 4 nitrogen and oxygen atoms in total. The van der Waals surface area contributed by atoms with Crippen molar-refractivity contribution in [3.05, 3.63) is 54.0 Å². The van der Waals surface area contributed by atoms with Crippen LogP contribution in [0.3, 0.4) is 0 Å². The van der Waals surface area contributed by atoms with Gasteiger partial charge in [0.25, 0.3) is 0 Å². The largest absolute Gasteiger partial charge is 0.474 e. The van der Waals surface area contributed by atoms with E-state index in [9.17, 15) is 0 Å². The molecule has 0 N–H and O–H groups in total. The first-order valence-electron chi connectivity index (χ1n) is 8.01. The molecule has 0 spiro atoms. The summed E-state index contributed by atoms with van der Waals surface area (Å²) in [5, 5.41) is 0. The van der Waals surface area contributed by atoms with E-state index in [1.165, 1.54) is 5.56 Å². The standard InChI is InChI=1S/C18H23N3O/c1-15-4-2-10-20-18(15)22-17-7-12-21(13-8-17)11-6-16-5-3-9-19-14-16/h2-5,9-10,14,17H,6-8,11-13H2,1H3. The number of likely N-dealkylation sites (tertiary alicyclic amines) is 1. The molecule has 116 valence electrons. The molecule has 2 aromatic heterocycles. The van der Waals surface area contributed by atoms with E-state index in [-0.39, 0.29) is 0 Å². The van der Waals surface area contributed by atoms with Gasteiger partial charge in [-0.3, -0.25) is 4.98 Å². The van der Waals surface area contributed by atoms with Crippen LogP contribution in [0.25, 0.3) is 0 Å². The first kappa shape index (κ1) is 15.0. The Morgan fingerprint density at radius 1 is 1.18 bits per heavy atom. The first-order valence-corrected chi connectivity index (χ1v) is 8.01. The average molecular weight is 297 g/mol. The Bertz CT molecular complexity index is 580. The number of nitrogens with zero attached hydrogens (tertiary/aromatic N) is 3. The van der Waals surface area contributed by atoms with E-state index in [1.54, 1.807) is 6.20 Å². The Labute approximate surface area is 132 Å². The fraction of sp³-hybridized carbons (Fsp3) is 0.444. The lowest BCUT2D eigenvalue weighted by molar-refractivity contribution is 0.0968. The minimum atomic E-state index is 0.295. The summed E-state index contributed by atoms with van der Waals surface area (Å²) in [6.45, 7) is 5.33. The second kappa shape index (κ2) is 7.36. The van der Waals surface area contributed by atoms with Gasteiger partial charge in [-0.2, -0.15) is 0 Å². The van der Waals surface area contributed by atoms with Crippen LogP contribution in [-0.4, -0.2) is 40.6 Å². The lowest BCUT2D eigenvalue weighted by atomic mass is 10.1. The van der Waals surface area contributed by atoms with Crippen molar-refractivity contribution in [1.29, 1.82) is 0 Å². The highest BCUT2D eigenvalue weighted by Crippen LogP contribution is 2.20. The van der Waals surface area contributed by atoms with Gasteiger partial charge in [-0.1, -0.05) is 12.1 Å². The van der Waals surface area contributed by atoms with Gasteiger partial charge in [0.1, 0.15) is 6.10 Å². The molecule has 0 saturated carbocycles. The molecule has 0 unspecified atom stereocenters. The predicted octanol–water partition coefficient (Wildman–Crippen LogP) is 2.87. The maximum atomic E-state index is 6.05. The van der Waals surface area contributed by atoms with E-state index < -0.39 is 0 Å². The molecule has 3 heterocycles. The summed E-state index contributed by atoms with van der Waals surface area (Å²) < 4.78 is 6.05. The molecule has 1 aliphatic rings. The predicted molar refractivity (Wildman–Crippen MR) is 87.0 cm³/mol.